The Balaban J connectivity index is 1.11. The lowest BCUT2D eigenvalue weighted by Crippen LogP contribution is -2.48. The number of hydrogen-bond acceptors (Lipinski definition) is 7. The van der Waals surface area contributed by atoms with Crippen LogP contribution in [0.4, 0.5) is 17.1 Å². The average molecular weight is 506 g/mol. The molecule has 1 atom stereocenters. The van der Waals surface area contributed by atoms with Gasteiger partial charge in [-0.2, -0.15) is 0 Å². The van der Waals surface area contributed by atoms with Crippen molar-refractivity contribution in [3.05, 3.63) is 48.0 Å². The maximum Gasteiger partial charge on any atom is 0.273 e. The Morgan fingerprint density at radius 2 is 1.86 bits per heavy atom. The molecule has 3 aliphatic rings. The Labute approximate surface area is 218 Å². The zero-order valence-corrected chi connectivity index (χ0v) is 21.8. The molecule has 196 valence electrons. The highest BCUT2D eigenvalue weighted by Crippen LogP contribution is 2.32. The fraction of sp³-hybridized carbons (Fsp3) is 0.464. The third-order valence-corrected chi connectivity index (χ3v) is 7.02. The number of fused-ring (bicyclic) bond motifs is 1. The SMILES string of the molecule is CC(=O)N1CCc2ccc(NC(=O)C3=NOC(CN4CCN(c5ccccc5OC(C)C)CC4)C3)cc21. The fourth-order valence-corrected chi connectivity index (χ4v) is 5.18. The second kappa shape index (κ2) is 10.8. The van der Waals surface area contributed by atoms with Gasteiger partial charge in [-0.3, -0.25) is 14.5 Å². The monoisotopic (exact) mass is 505 g/mol. The van der Waals surface area contributed by atoms with Crippen LogP contribution in [0.2, 0.25) is 0 Å². The summed E-state index contributed by atoms with van der Waals surface area (Å²) in [6, 6.07) is 13.9. The van der Waals surface area contributed by atoms with Crippen molar-refractivity contribution in [2.45, 2.75) is 45.8 Å². The number of carbonyl (C=O) groups excluding carboxylic acids is 2. The number of benzene rings is 2. The minimum absolute atomic E-state index is 0.00701. The van der Waals surface area contributed by atoms with Gasteiger partial charge in [0.1, 0.15) is 17.6 Å². The average Bonchev–Trinajstić information content (AvgIpc) is 3.52. The highest BCUT2D eigenvalue weighted by Gasteiger charge is 2.30. The molecule has 1 unspecified atom stereocenters. The van der Waals surface area contributed by atoms with E-state index < -0.39 is 0 Å². The predicted molar refractivity (Wildman–Crippen MR) is 145 cm³/mol. The van der Waals surface area contributed by atoms with Crippen molar-refractivity contribution < 1.29 is 19.2 Å². The van der Waals surface area contributed by atoms with Crippen molar-refractivity contribution in [1.29, 1.82) is 0 Å². The van der Waals surface area contributed by atoms with Gasteiger partial charge in [0.25, 0.3) is 5.91 Å². The first kappa shape index (κ1) is 25.1. The van der Waals surface area contributed by atoms with Gasteiger partial charge in [-0.1, -0.05) is 23.4 Å². The minimum atomic E-state index is -0.263. The third-order valence-electron chi connectivity index (χ3n) is 7.02. The number of carbonyl (C=O) groups is 2. The van der Waals surface area contributed by atoms with Gasteiger partial charge in [0, 0.05) is 64.0 Å². The third kappa shape index (κ3) is 5.72. The molecule has 3 aliphatic heterocycles. The molecule has 0 radical (unpaired) electrons. The summed E-state index contributed by atoms with van der Waals surface area (Å²) in [5, 5.41) is 7.00. The van der Waals surface area contributed by atoms with E-state index in [-0.39, 0.29) is 24.0 Å². The van der Waals surface area contributed by atoms with Crippen LogP contribution in [0.25, 0.3) is 0 Å². The molecular weight excluding hydrogens is 470 g/mol. The van der Waals surface area contributed by atoms with E-state index in [9.17, 15) is 9.59 Å². The maximum absolute atomic E-state index is 12.8. The van der Waals surface area contributed by atoms with E-state index >= 15 is 0 Å². The van der Waals surface area contributed by atoms with Gasteiger partial charge in [-0.15, -0.1) is 0 Å². The van der Waals surface area contributed by atoms with E-state index in [1.165, 1.54) is 0 Å². The zero-order chi connectivity index (χ0) is 25.9. The topological polar surface area (TPSA) is 86.7 Å². The first-order valence-electron chi connectivity index (χ1n) is 13.1. The quantitative estimate of drug-likeness (QED) is 0.622. The van der Waals surface area contributed by atoms with Crippen molar-refractivity contribution in [1.82, 2.24) is 4.90 Å². The first-order valence-corrected chi connectivity index (χ1v) is 13.1. The van der Waals surface area contributed by atoms with Gasteiger partial charge >= 0.3 is 0 Å². The maximum atomic E-state index is 12.8. The van der Waals surface area contributed by atoms with Crippen molar-refractivity contribution in [2.24, 2.45) is 5.16 Å². The van der Waals surface area contributed by atoms with Crippen molar-refractivity contribution in [2.75, 3.05) is 54.4 Å². The van der Waals surface area contributed by atoms with Crippen LogP contribution in [0.15, 0.2) is 47.6 Å². The van der Waals surface area contributed by atoms with E-state index in [0.29, 0.717) is 24.4 Å². The van der Waals surface area contributed by atoms with Crippen LogP contribution >= 0.6 is 0 Å². The number of amides is 2. The Bertz CT molecular complexity index is 1190. The van der Waals surface area contributed by atoms with E-state index in [1.54, 1.807) is 11.8 Å². The molecule has 37 heavy (non-hydrogen) atoms. The standard InChI is InChI=1S/C28H35N5O4/c1-19(2)36-27-7-5-4-6-25(27)32-14-12-31(13-15-32)18-23-17-24(30-37-23)28(35)29-22-9-8-21-10-11-33(20(3)34)26(21)16-22/h4-9,16,19,23H,10-15,17-18H2,1-3H3,(H,29,35). The molecule has 2 aromatic rings. The van der Waals surface area contributed by atoms with E-state index in [0.717, 1.165) is 61.8 Å². The highest BCUT2D eigenvalue weighted by molar-refractivity contribution is 6.43. The lowest BCUT2D eigenvalue weighted by molar-refractivity contribution is -0.116. The van der Waals surface area contributed by atoms with Gasteiger partial charge in [-0.05, 0) is 50.1 Å². The molecule has 0 saturated carbocycles. The Morgan fingerprint density at radius 3 is 2.62 bits per heavy atom. The molecule has 3 heterocycles. The number of ether oxygens (including phenoxy) is 1. The van der Waals surface area contributed by atoms with Gasteiger partial charge in [-0.25, -0.2) is 0 Å². The van der Waals surface area contributed by atoms with Crippen molar-refractivity contribution in [3.63, 3.8) is 0 Å². The van der Waals surface area contributed by atoms with Crippen LogP contribution in [0.3, 0.4) is 0 Å². The molecule has 0 aromatic heterocycles. The summed E-state index contributed by atoms with van der Waals surface area (Å²) in [6.07, 6.45) is 1.29. The summed E-state index contributed by atoms with van der Waals surface area (Å²) in [6.45, 7) is 10.6. The normalized spacial score (nSPS) is 19.5. The number of piperazine rings is 1. The lowest BCUT2D eigenvalue weighted by Gasteiger charge is -2.37. The van der Waals surface area contributed by atoms with Crippen LogP contribution in [-0.2, 0) is 20.8 Å². The van der Waals surface area contributed by atoms with Crippen molar-refractivity contribution >= 4 is 34.6 Å². The van der Waals surface area contributed by atoms with Crippen molar-refractivity contribution in [3.8, 4) is 5.75 Å². The second-order valence-corrected chi connectivity index (χ2v) is 10.1. The number of para-hydroxylation sites is 2. The second-order valence-electron chi connectivity index (χ2n) is 10.1. The fourth-order valence-electron chi connectivity index (χ4n) is 5.18. The van der Waals surface area contributed by atoms with Gasteiger partial charge in [0.2, 0.25) is 5.91 Å². The molecule has 9 heteroatoms. The number of hydrogen-bond donors (Lipinski definition) is 1. The van der Waals surface area contributed by atoms with Crippen LogP contribution in [0.1, 0.15) is 32.8 Å². The number of nitrogens with zero attached hydrogens (tertiary/aromatic N) is 4. The molecule has 0 aliphatic carbocycles. The summed E-state index contributed by atoms with van der Waals surface area (Å²) < 4.78 is 6.00. The van der Waals surface area contributed by atoms with E-state index in [4.69, 9.17) is 9.57 Å². The number of nitrogens with one attached hydrogen (secondary N) is 1. The summed E-state index contributed by atoms with van der Waals surface area (Å²) in [5.41, 5.74) is 4.16. The summed E-state index contributed by atoms with van der Waals surface area (Å²) >= 11 is 0. The van der Waals surface area contributed by atoms with Gasteiger partial charge in [0.05, 0.1) is 11.8 Å². The molecule has 9 nitrogen and oxygen atoms in total. The predicted octanol–water partition coefficient (Wildman–Crippen LogP) is 3.29. The molecule has 2 amide bonds. The molecular formula is C28H35N5O4. The largest absolute Gasteiger partial charge is 0.489 e. The van der Waals surface area contributed by atoms with Crippen LogP contribution < -0.4 is 19.9 Å². The first-order chi connectivity index (χ1) is 17.9. The summed E-state index contributed by atoms with van der Waals surface area (Å²) in [7, 11) is 0. The molecule has 0 bridgehead atoms. The Morgan fingerprint density at radius 1 is 1.08 bits per heavy atom. The molecule has 1 fully saturated rings. The Hall–Kier alpha value is -3.59. The van der Waals surface area contributed by atoms with Gasteiger partial charge < -0.3 is 24.7 Å². The summed E-state index contributed by atoms with van der Waals surface area (Å²) in [4.78, 5) is 36.8. The van der Waals surface area contributed by atoms with E-state index in [2.05, 4.69) is 26.3 Å². The van der Waals surface area contributed by atoms with Gasteiger partial charge in [0.15, 0.2) is 0 Å². The Kier molecular flexibility index (Phi) is 7.32. The van der Waals surface area contributed by atoms with Crippen LogP contribution in [0.5, 0.6) is 5.75 Å². The smallest absolute Gasteiger partial charge is 0.273 e. The summed E-state index contributed by atoms with van der Waals surface area (Å²) in [5.74, 6) is 0.667. The number of rotatable bonds is 7. The molecule has 5 rings (SSSR count). The number of anilines is 3. The van der Waals surface area contributed by atoms with Crippen LogP contribution in [-0.4, -0.2) is 73.9 Å². The number of oxime groups is 1. The zero-order valence-electron chi connectivity index (χ0n) is 21.8. The van der Waals surface area contributed by atoms with E-state index in [1.807, 2.05) is 50.2 Å². The molecule has 0 spiro atoms. The molecule has 1 N–H and O–H groups in total. The van der Waals surface area contributed by atoms with Crippen LogP contribution in [0, 0.1) is 0 Å². The highest BCUT2D eigenvalue weighted by atomic mass is 16.6. The minimum Gasteiger partial charge on any atom is -0.489 e. The molecule has 2 aromatic carbocycles. The lowest BCUT2D eigenvalue weighted by atomic mass is 10.1. The molecule has 1 saturated heterocycles.